The van der Waals surface area contributed by atoms with E-state index in [4.69, 9.17) is 4.98 Å². The SMILES string of the molecule is Cc1cnc(SCc2cccnc2)nc1C1CCCN(C(=O)[C@@H]2C[C@H]3C=C[C@@H]2C3)C1. The average molecular weight is 421 g/mol. The van der Waals surface area contributed by atoms with Gasteiger partial charge in [-0.25, -0.2) is 9.97 Å². The Kier molecular flexibility index (Phi) is 5.59. The predicted octanol–water partition coefficient (Wildman–Crippen LogP) is 4.39. The molecule has 2 bridgehead atoms. The van der Waals surface area contributed by atoms with E-state index in [2.05, 4.69) is 40.0 Å². The molecular weight excluding hydrogens is 392 g/mol. The molecule has 1 unspecified atom stereocenters. The van der Waals surface area contributed by atoms with Gasteiger partial charge in [0, 0.05) is 49.3 Å². The van der Waals surface area contributed by atoms with Crippen LogP contribution in [-0.4, -0.2) is 38.8 Å². The fourth-order valence-electron chi connectivity index (χ4n) is 5.25. The van der Waals surface area contributed by atoms with Crippen LogP contribution in [0.25, 0.3) is 0 Å². The first-order chi connectivity index (χ1) is 14.7. The predicted molar refractivity (Wildman–Crippen MR) is 118 cm³/mol. The zero-order chi connectivity index (χ0) is 20.5. The lowest BCUT2D eigenvalue weighted by Crippen LogP contribution is -2.43. The van der Waals surface area contributed by atoms with E-state index in [9.17, 15) is 4.79 Å². The standard InChI is InChI=1S/C24H28N4OS/c1-16-12-26-24(30-15-18-4-2-8-25-13-18)27-22(16)20-5-3-9-28(14-20)23(29)21-11-17-6-7-19(21)10-17/h2,4,6-8,12-13,17,19-21H,3,5,9-11,14-15H2,1H3/t17-,19+,20?,21+/m0/s1. The molecule has 0 radical (unpaired) electrons. The zero-order valence-corrected chi connectivity index (χ0v) is 18.2. The van der Waals surface area contributed by atoms with E-state index in [1.54, 1.807) is 18.0 Å². The molecule has 0 aromatic carbocycles. The molecule has 1 amide bonds. The number of amides is 1. The molecule has 5 nitrogen and oxygen atoms in total. The van der Waals surface area contributed by atoms with Crippen LogP contribution in [0, 0.1) is 24.7 Å². The molecule has 1 saturated carbocycles. The molecule has 1 aliphatic heterocycles. The third kappa shape index (κ3) is 4.02. The Balaban J connectivity index is 1.27. The summed E-state index contributed by atoms with van der Waals surface area (Å²) < 4.78 is 0. The van der Waals surface area contributed by atoms with Crippen molar-refractivity contribution in [2.75, 3.05) is 13.1 Å². The number of likely N-dealkylation sites (tertiary alicyclic amines) is 1. The molecule has 156 valence electrons. The lowest BCUT2D eigenvalue weighted by atomic mass is 9.88. The number of rotatable bonds is 5. The van der Waals surface area contributed by atoms with Crippen molar-refractivity contribution in [3.63, 3.8) is 0 Å². The van der Waals surface area contributed by atoms with E-state index in [0.29, 0.717) is 23.7 Å². The number of fused-ring (bicyclic) bond motifs is 2. The van der Waals surface area contributed by atoms with E-state index in [0.717, 1.165) is 54.5 Å². The summed E-state index contributed by atoms with van der Waals surface area (Å²) in [4.78, 5) is 29.0. The highest BCUT2D eigenvalue weighted by Gasteiger charge is 2.42. The monoisotopic (exact) mass is 420 g/mol. The Hall–Kier alpha value is -2.21. The molecule has 2 aliphatic carbocycles. The van der Waals surface area contributed by atoms with Gasteiger partial charge in [0.05, 0.1) is 5.69 Å². The van der Waals surface area contributed by atoms with Gasteiger partial charge in [-0.05, 0) is 61.6 Å². The van der Waals surface area contributed by atoms with Crippen molar-refractivity contribution in [2.45, 2.75) is 49.4 Å². The summed E-state index contributed by atoms with van der Waals surface area (Å²) in [5.74, 6) is 2.79. The van der Waals surface area contributed by atoms with Crippen LogP contribution in [0.15, 0.2) is 48.0 Å². The second-order valence-corrected chi connectivity index (χ2v) is 9.82. The van der Waals surface area contributed by atoms with Crippen LogP contribution in [0.2, 0.25) is 0 Å². The largest absolute Gasteiger partial charge is 0.342 e. The number of aryl methyl sites for hydroxylation is 1. The number of thioether (sulfide) groups is 1. The second-order valence-electron chi connectivity index (χ2n) is 8.88. The van der Waals surface area contributed by atoms with Crippen molar-refractivity contribution < 1.29 is 4.79 Å². The van der Waals surface area contributed by atoms with Gasteiger partial charge in [-0.2, -0.15) is 0 Å². The summed E-state index contributed by atoms with van der Waals surface area (Å²) in [6, 6.07) is 4.03. The Bertz CT molecular complexity index is 947. The molecule has 3 aliphatic rings. The number of nitrogens with zero attached hydrogens (tertiary/aromatic N) is 4. The summed E-state index contributed by atoms with van der Waals surface area (Å²) >= 11 is 1.65. The van der Waals surface area contributed by atoms with Gasteiger partial charge in [0.25, 0.3) is 0 Å². The van der Waals surface area contributed by atoms with E-state index < -0.39 is 0 Å². The molecule has 2 fully saturated rings. The third-order valence-electron chi connectivity index (χ3n) is 6.80. The molecule has 2 aromatic rings. The molecule has 6 heteroatoms. The number of piperidine rings is 1. The van der Waals surface area contributed by atoms with Gasteiger partial charge < -0.3 is 4.90 Å². The molecule has 2 aromatic heterocycles. The van der Waals surface area contributed by atoms with E-state index >= 15 is 0 Å². The zero-order valence-electron chi connectivity index (χ0n) is 17.4. The minimum Gasteiger partial charge on any atom is -0.342 e. The van der Waals surface area contributed by atoms with Crippen molar-refractivity contribution >= 4 is 17.7 Å². The van der Waals surface area contributed by atoms with Crippen molar-refractivity contribution in [3.8, 4) is 0 Å². The number of carbonyl (C=O) groups is 1. The van der Waals surface area contributed by atoms with E-state index in [1.165, 1.54) is 12.0 Å². The van der Waals surface area contributed by atoms with Gasteiger partial charge >= 0.3 is 0 Å². The van der Waals surface area contributed by atoms with Gasteiger partial charge in [0.15, 0.2) is 5.16 Å². The van der Waals surface area contributed by atoms with Crippen molar-refractivity contribution in [1.82, 2.24) is 19.9 Å². The van der Waals surface area contributed by atoms with Crippen molar-refractivity contribution in [1.29, 1.82) is 0 Å². The van der Waals surface area contributed by atoms with Crippen LogP contribution in [0.3, 0.4) is 0 Å². The van der Waals surface area contributed by atoms with Crippen LogP contribution in [0.4, 0.5) is 0 Å². The fraction of sp³-hybridized carbons (Fsp3) is 0.500. The summed E-state index contributed by atoms with van der Waals surface area (Å²) in [5.41, 5.74) is 3.41. The minimum atomic E-state index is 0.204. The van der Waals surface area contributed by atoms with E-state index in [-0.39, 0.29) is 5.92 Å². The molecule has 30 heavy (non-hydrogen) atoms. The fourth-order valence-corrected chi connectivity index (χ4v) is 6.01. The lowest BCUT2D eigenvalue weighted by Gasteiger charge is -2.35. The molecular formula is C24H28N4OS. The Morgan fingerprint density at radius 3 is 2.97 bits per heavy atom. The van der Waals surface area contributed by atoms with Crippen molar-refractivity contribution in [3.05, 3.63) is 59.7 Å². The van der Waals surface area contributed by atoms with Gasteiger partial charge in [0.1, 0.15) is 0 Å². The first-order valence-electron chi connectivity index (χ1n) is 11.0. The highest BCUT2D eigenvalue weighted by molar-refractivity contribution is 7.98. The van der Waals surface area contributed by atoms with Gasteiger partial charge in [-0.3, -0.25) is 9.78 Å². The van der Waals surface area contributed by atoms with Crippen LogP contribution >= 0.6 is 11.8 Å². The Labute approximate surface area is 182 Å². The van der Waals surface area contributed by atoms with Crippen LogP contribution in [0.5, 0.6) is 0 Å². The molecule has 1 saturated heterocycles. The summed E-state index contributed by atoms with van der Waals surface area (Å²) in [6.07, 6.45) is 14.6. The van der Waals surface area contributed by atoms with Crippen LogP contribution in [-0.2, 0) is 10.5 Å². The van der Waals surface area contributed by atoms with Gasteiger partial charge in [-0.15, -0.1) is 0 Å². The molecule has 5 rings (SSSR count). The third-order valence-corrected chi connectivity index (χ3v) is 7.73. The number of allylic oxidation sites excluding steroid dienone is 2. The number of hydrogen-bond acceptors (Lipinski definition) is 5. The van der Waals surface area contributed by atoms with Crippen molar-refractivity contribution in [2.24, 2.45) is 17.8 Å². The highest BCUT2D eigenvalue weighted by Crippen LogP contribution is 2.44. The Morgan fingerprint density at radius 1 is 1.27 bits per heavy atom. The minimum absolute atomic E-state index is 0.204. The molecule has 3 heterocycles. The number of carbonyl (C=O) groups excluding carboxylic acids is 1. The summed E-state index contributed by atoms with van der Waals surface area (Å²) in [6.45, 7) is 3.77. The maximum absolute atomic E-state index is 13.2. The number of pyridine rings is 1. The quantitative estimate of drug-likeness (QED) is 0.408. The second kappa shape index (κ2) is 8.50. The van der Waals surface area contributed by atoms with Gasteiger partial charge in [0.2, 0.25) is 5.91 Å². The first kappa shape index (κ1) is 19.7. The van der Waals surface area contributed by atoms with Crippen LogP contribution in [0.1, 0.15) is 48.4 Å². The average Bonchev–Trinajstić information content (AvgIpc) is 3.43. The number of hydrogen-bond donors (Lipinski definition) is 0. The maximum atomic E-state index is 13.2. The maximum Gasteiger partial charge on any atom is 0.226 e. The van der Waals surface area contributed by atoms with Crippen LogP contribution < -0.4 is 0 Å². The van der Waals surface area contributed by atoms with E-state index in [1.807, 2.05) is 18.5 Å². The highest BCUT2D eigenvalue weighted by atomic mass is 32.2. The molecule has 4 atom stereocenters. The summed E-state index contributed by atoms with van der Waals surface area (Å²) in [5, 5.41) is 0.807. The molecule has 0 N–H and O–H groups in total. The number of aromatic nitrogens is 3. The first-order valence-corrected chi connectivity index (χ1v) is 12.0. The summed E-state index contributed by atoms with van der Waals surface area (Å²) in [7, 11) is 0. The smallest absolute Gasteiger partial charge is 0.226 e. The lowest BCUT2D eigenvalue weighted by molar-refractivity contribution is -0.137. The topological polar surface area (TPSA) is 59.0 Å². The molecule has 0 spiro atoms. The normalized spacial score (nSPS) is 27.6. The van der Waals surface area contributed by atoms with Gasteiger partial charge in [-0.1, -0.05) is 30.0 Å². The Morgan fingerprint density at radius 2 is 2.20 bits per heavy atom.